The molecule has 110 valence electrons. The van der Waals surface area contributed by atoms with Crippen LogP contribution in [0.15, 0.2) is 18.2 Å². The van der Waals surface area contributed by atoms with Crippen LogP contribution in [0.5, 0.6) is 5.75 Å². The summed E-state index contributed by atoms with van der Waals surface area (Å²) in [4.78, 5) is 21.6. The van der Waals surface area contributed by atoms with E-state index in [1.54, 1.807) is 0 Å². The molecule has 0 bridgehead atoms. The lowest BCUT2D eigenvalue weighted by Crippen LogP contribution is -2.31. The van der Waals surface area contributed by atoms with Gasteiger partial charge in [0, 0.05) is 30.3 Å². The van der Waals surface area contributed by atoms with Crippen LogP contribution < -0.4 is 15.8 Å². The summed E-state index contributed by atoms with van der Waals surface area (Å²) < 4.78 is 5.45. The number of hydrogen-bond acceptors (Lipinski definition) is 5. The first-order chi connectivity index (χ1) is 9.43. The highest BCUT2D eigenvalue weighted by atomic mass is 16.6. The first-order valence-electron chi connectivity index (χ1n) is 6.33. The van der Waals surface area contributed by atoms with Crippen LogP contribution in [0.2, 0.25) is 0 Å². The van der Waals surface area contributed by atoms with E-state index in [1.807, 2.05) is 13.8 Å². The number of rotatable bonds is 7. The Balaban J connectivity index is 2.60. The maximum atomic E-state index is 11.4. The number of benzene rings is 1. The number of ether oxygens (including phenoxy) is 1. The zero-order chi connectivity index (χ0) is 15.1. The van der Waals surface area contributed by atoms with Crippen LogP contribution >= 0.6 is 0 Å². The highest BCUT2D eigenvalue weighted by Gasteiger charge is 2.11. The predicted octanol–water partition coefficient (Wildman–Crippen LogP) is 1.35. The molecule has 1 aromatic carbocycles. The van der Waals surface area contributed by atoms with Crippen molar-refractivity contribution in [1.29, 1.82) is 0 Å². The Bertz CT molecular complexity index is 489. The van der Waals surface area contributed by atoms with Gasteiger partial charge in [-0.25, -0.2) is 0 Å². The lowest BCUT2D eigenvalue weighted by atomic mass is 10.2. The number of nitro groups is 1. The van der Waals surface area contributed by atoms with E-state index in [2.05, 4.69) is 5.32 Å². The molecular weight excluding hydrogens is 262 g/mol. The molecule has 7 heteroatoms. The van der Waals surface area contributed by atoms with Crippen molar-refractivity contribution in [1.82, 2.24) is 5.32 Å². The molecule has 0 fully saturated rings. The summed E-state index contributed by atoms with van der Waals surface area (Å²) in [6.45, 7) is 4.09. The molecule has 0 heterocycles. The third kappa shape index (κ3) is 4.85. The minimum atomic E-state index is -0.487. The Kier molecular flexibility index (Phi) is 5.92. The molecule has 1 aromatic rings. The smallest absolute Gasteiger partial charge is 0.270 e. The molecule has 1 amide bonds. The van der Waals surface area contributed by atoms with Crippen molar-refractivity contribution < 1.29 is 14.5 Å². The van der Waals surface area contributed by atoms with Crippen molar-refractivity contribution in [2.24, 2.45) is 5.73 Å². The zero-order valence-corrected chi connectivity index (χ0v) is 11.6. The summed E-state index contributed by atoms with van der Waals surface area (Å²) >= 11 is 0. The highest BCUT2D eigenvalue weighted by molar-refractivity contribution is 5.76. The number of nitrogens with one attached hydrogen (secondary N) is 1. The van der Waals surface area contributed by atoms with Crippen LogP contribution in [-0.4, -0.2) is 23.5 Å². The number of amides is 1. The molecule has 0 radical (unpaired) electrons. The van der Waals surface area contributed by atoms with Gasteiger partial charge in [-0.2, -0.15) is 0 Å². The Hall–Kier alpha value is -2.15. The number of carbonyl (C=O) groups excluding carboxylic acids is 1. The second-order valence-corrected chi connectivity index (χ2v) is 4.57. The Morgan fingerprint density at radius 2 is 2.20 bits per heavy atom. The molecule has 0 saturated carbocycles. The third-order valence-corrected chi connectivity index (χ3v) is 2.51. The summed E-state index contributed by atoms with van der Waals surface area (Å²) in [7, 11) is 0. The Morgan fingerprint density at radius 3 is 2.75 bits per heavy atom. The average molecular weight is 281 g/mol. The van der Waals surface area contributed by atoms with Gasteiger partial charge in [0.15, 0.2) is 0 Å². The molecular formula is C13H19N3O4. The summed E-state index contributed by atoms with van der Waals surface area (Å²) in [6.07, 6.45) is 0.221. The number of carbonyl (C=O) groups is 1. The summed E-state index contributed by atoms with van der Waals surface area (Å²) in [5, 5.41) is 13.4. The number of nitro benzene ring substituents is 1. The lowest BCUT2D eigenvalue weighted by molar-refractivity contribution is -0.384. The van der Waals surface area contributed by atoms with Crippen LogP contribution in [0.25, 0.3) is 0 Å². The fraction of sp³-hybridized carbons (Fsp3) is 0.462. The standard InChI is InChI=1S/C13H19N3O4/c1-9(2)15-13(17)5-6-20-12-4-3-11(16(18)19)7-10(12)8-14/h3-4,7,9H,5-6,8,14H2,1-2H3,(H,15,17). The molecule has 0 aliphatic carbocycles. The number of nitrogens with two attached hydrogens (primary N) is 1. The zero-order valence-electron chi connectivity index (χ0n) is 11.6. The summed E-state index contributed by atoms with van der Waals surface area (Å²) in [6, 6.07) is 4.31. The Labute approximate surface area is 117 Å². The molecule has 7 nitrogen and oxygen atoms in total. The second kappa shape index (κ2) is 7.44. The first kappa shape index (κ1) is 15.9. The molecule has 0 atom stereocenters. The van der Waals surface area contributed by atoms with Crippen molar-refractivity contribution >= 4 is 11.6 Å². The van der Waals surface area contributed by atoms with E-state index in [-0.39, 0.29) is 37.2 Å². The minimum absolute atomic E-state index is 0.0321. The number of non-ortho nitro benzene ring substituents is 1. The van der Waals surface area contributed by atoms with E-state index in [4.69, 9.17) is 10.5 Å². The van der Waals surface area contributed by atoms with E-state index >= 15 is 0 Å². The molecule has 20 heavy (non-hydrogen) atoms. The first-order valence-corrected chi connectivity index (χ1v) is 6.33. The van der Waals surface area contributed by atoms with Gasteiger partial charge in [-0.05, 0) is 19.9 Å². The van der Waals surface area contributed by atoms with Crippen molar-refractivity contribution in [2.45, 2.75) is 32.9 Å². The molecule has 0 aromatic heterocycles. The molecule has 3 N–H and O–H groups in total. The van der Waals surface area contributed by atoms with Gasteiger partial charge < -0.3 is 15.8 Å². The predicted molar refractivity (Wildman–Crippen MR) is 74.4 cm³/mol. The van der Waals surface area contributed by atoms with E-state index < -0.39 is 4.92 Å². The van der Waals surface area contributed by atoms with E-state index in [1.165, 1.54) is 18.2 Å². The van der Waals surface area contributed by atoms with Crippen LogP contribution in [0.3, 0.4) is 0 Å². The quantitative estimate of drug-likeness (QED) is 0.579. The third-order valence-electron chi connectivity index (χ3n) is 2.51. The van der Waals surface area contributed by atoms with Crippen LogP contribution in [0.4, 0.5) is 5.69 Å². The largest absolute Gasteiger partial charge is 0.493 e. The van der Waals surface area contributed by atoms with Crippen LogP contribution in [0, 0.1) is 10.1 Å². The highest BCUT2D eigenvalue weighted by Crippen LogP contribution is 2.23. The normalized spacial score (nSPS) is 10.4. The van der Waals surface area contributed by atoms with Crippen molar-refractivity contribution in [2.75, 3.05) is 6.61 Å². The Morgan fingerprint density at radius 1 is 1.50 bits per heavy atom. The molecule has 0 saturated heterocycles. The molecule has 0 aliphatic rings. The molecule has 0 spiro atoms. The topological polar surface area (TPSA) is 107 Å². The summed E-state index contributed by atoms with van der Waals surface area (Å²) in [5.41, 5.74) is 6.05. The SMILES string of the molecule is CC(C)NC(=O)CCOc1ccc([N+](=O)[O-])cc1CN. The fourth-order valence-corrected chi connectivity index (χ4v) is 1.63. The molecule has 0 unspecified atom stereocenters. The lowest BCUT2D eigenvalue weighted by Gasteiger charge is -2.11. The molecule has 0 aliphatic heterocycles. The van der Waals surface area contributed by atoms with Gasteiger partial charge in [-0.3, -0.25) is 14.9 Å². The molecule has 1 rings (SSSR count). The average Bonchev–Trinajstić information content (AvgIpc) is 2.37. The van der Waals surface area contributed by atoms with E-state index in [9.17, 15) is 14.9 Å². The fourth-order valence-electron chi connectivity index (χ4n) is 1.63. The van der Waals surface area contributed by atoms with Gasteiger partial charge in [0.2, 0.25) is 5.91 Å². The van der Waals surface area contributed by atoms with Crippen LogP contribution in [0.1, 0.15) is 25.8 Å². The van der Waals surface area contributed by atoms with Crippen molar-refractivity contribution in [3.63, 3.8) is 0 Å². The maximum Gasteiger partial charge on any atom is 0.270 e. The minimum Gasteiger partial charge on any atom is -0.493 e. The van der Waals surface area contributed by atoms with Gasteiger partial charge in [-0.1, -0.05) is 0 Å². The number of nitrogens with zero attached hydrogens (tertiary/aromatic N) is 1. The van der Waals surface area contributed by atoms with Gasteiger partial charge in [0.1, 0.15) is 5.75 Å². The van der Waals surface area contributed by atoms with Gasteiger partial charge in [0.25, 0.3) is 5.69 Å². The monoisotopic (exact) mass is 281 g/mol. The maximum absolute atomic E-state index is 11.4. The number of hydrogen-bond donors (Lipinski definition) is 2. The van der Waals surface area contributed by atoms with E-state index in [0.29, 0.717) is 11.3 Å². The van der Waals surface area contributed by atoms with Crippen molar-refractivity contribution in [3.8, 4) is 5.75 Å². The van der Waals surface area contributed by atoms with Gasteiger partial charge >= 0.3 is 0 Å². The van der Waals surface area contributed by atoms with Crippen molar-refractivity contribution in [3.05, 3.63) is 33.9 Å². The second-order valence-electron chi connectivity index (χ2n) is 4.57. The van der Waals surface area contributed by atoms with Crippen LogP contribution in [-0.2, 0) is 11.3 Å². The van der Waals surface area contributed by atoms with E-state index in [0.717, 1.165) is 0 Å². The summed E-state index contributed by atoms with van der Waals surface area (Å²) in [5.74, 6) is 0.367. The van der Waals surface area contributed by atoms with Gasteiger partial charge in [0.05, 0.1) is 18.0 Å². The van der Waals surface area contributed by atoms with Gasteiger partial charge in [-0.15, -0.1) is 0 Å².